The van der Waals surface area contributed by atoms with Crippen molar-refractivity contribution in [3.63, 3.8) is 0 Å². The number of nitrogens with one attached hydrogen (secondary N) is 1. The summed E-state index contributed by atoms with van der Waals surface area (Å²) in [6, 6.07) is 11.6. The molecule has 0 aliphatic heterocycles. The number of aromatic carboxylic acids is 1. The van der Waals surface area contributed by atoms with Gasteiger partial charge in [0.25, 0.3) is 5.91 Å². The van der Waals surface area contributed by atoms with Crippen LogP contribution in [0.15, 0.2) is 42.5 Å². The van der Waals surface area contributed by atoms with Crippen LogP contribution in [0.2, 0.25) is 0 Å². The third kappa shape index (κ3) is 2.95. The van der Waals surface area contributed by atoms with Gasteiger partial charge in [0, 0.05) is 5.69 Å². The van der Waals surface area contributed by atoms with Gasteiger partial charge in [0.2, 0.25) is 0 Å². The summed E-state index contributed by atoms with van der Waals surface area (Å²) in [6.07, 6.45) is 0. The van der Waals surface area contributed by atoms with Crippen LogP contribution in [-0.4, -0.2) is 22.0 Å². The Bertz CT molecular complexity index is 638. The molecule has 0 aliphatic carbocycles. The van der Waals surface area contributed by atoms with E-state index in [1.807, 2.05) is 25.1 Å². The van der Waals surface area contributed by atoms with E-state index in [9.17, 15) is 9.59 Å². The average molecular weight is 256 g/mol. The van der Waals surface area contributed by atoms with Gasteiger partial charge in [0.05, 0.1) is 0 Å². The molecule has 96 valence electrons. The maximum atomic E-state index is 12.0. The second-order valence-electron chi connectivity index (χ2n) is 3.98. The number of rotatable bonds is 3. The van der Waals surface area contributed by atoms with Gasteiger partial charge in [0.1, 0.15) is 11.4 Å². The molecule has 0 aliphatic rings. The third-order valence-electron chi connectivity index (χ3n) is 2.59. The number of nitrogens with zero attached hydrogens (tertiary/aromatic N) is 1. The molecule has 1 heterocycles. The van der Waals surface area contributed by atoms with Gasteiger partial charge in [-0.2, -0.15) is 0 Å². The topological polar surface area (TPSA) is 79.3 Å². The highest BCUT2D eigenvalue weighted by molar-refractivity contribution is 6.03. The lowest BCUT2D eigenvalue weighted by atomic mass is 10.2. The Morgan fingerprint density at radius 1 is 1.05 bits per heavy atom. The van der Waals surface area contributed by atoms with Gasteiger partial charge in [0.15, 0.2) is 0 Å². The molecule has 1 aromatic heterocycles. The number of hydrogen-bond acceptors (Lipinski definition) is 3. The fraction of sp³-hybridized carbons (Fsp3) is 0.0714. The number of hydrogen-bond donors (Lipinski definition) is 2. The molecule has 0 fully saturated rings. The van der Waals surface area contributed by atoms with Crippen LogP contribution in [0.3, 0.4) is 0 Å². The minimum Gasteiger partial charge on any atom is -0.477 e. The highest BCUT2D eigenvalue weighted by Crippen LogP contribution is 2.14. The van der Waals surface area contributed by atoms with E-state index in [4.69, 9.17) is 5.11 Å². The molecule has 0 bridgehead atoms. The molecule has 2 aromatic rings. The Balaban J connectivity index is 2.23. The van der Waals surface area contributed by atoms with Crippen LogP contribution in [0.1, 0.15) is 26.5 Å². The van der Waals surface area contributed by atoms with E-state index >= 15 is 0 Å². The molecule has 2 N–H and O–H groups in total. The van der Waals surface area contributed by atoms with Crippen LogP contribution < -0.4 is 5.32 Å². The molecule has 5 heteroatoms. The molecule has 1 aromatic carbocycles. The number of carboxylic acids is 1. The predicted molar refractivity (Wildman–Crippen MR) is 70.3 cm³/mol. The molecular formula is C14H12N2O3. The molecule has 0 saturated heterocycles. The van der Waals surface area contributed by atoms with Gasteiger partial charge in [-0.25, -0.2) is 9.78 Å². The molecule has 2 rings (SSSR count). The average Bonchev–Trinajstić information content (AvgIpc) is 2.41. The third-order valence-corrected chi connectivity index (χ3v) is 2.59. The molecule has 5 nitrogen and oxygen atoms in total. The van der Waals surface area contributed by atoms with Crippen LogP contribution >= 0.6 is 0 Å². The lowest BCUT2D eigenvalue weighted by molar-refractivity contribution is 0.0690. The van der Waals surface area contributed by atoms with E-state index in [0.717, 1.165) is 5.56 Å². The van der Waals surface area contributed by atoms with E-state index in [-0.39, 0.29) is 11.4 Å². The molecular weight excluding hydrogens is 244 g/mol. The van der Waals surface area contributed by atoms with Crippen LogP contribution in [0.25, 0.3) is 0 Å². The van der Waals surface area contributed by atoms with Crippen molar-refractivity contribution < 1.29 is 14.7 Å². The molecule has 1 amide bonds. The van der Waals surface area contributed by atoms with Crippen LogP contribution in [0.5, 0.6) is 0 Å². The zero-order valence-electron chi connectivity index (χ0n) is 10.3. The SMILES string of the molecule is Cc1ccccc1NC(=O)c1cccc(C(=O)O)n1. The summed E-state index contributed by atoms with van der Waals surface area (Å²) in [4.78, 5) is 26.6. The number of carbonyl (C=O) groups is 2. The Kier molecular flexibility index (Phi) is 3.56. The Labute approximate surface area is 109 Å². The minimum absolute atomic E-state index is 0.0724. The highest BCUT2D eigenvalue weighted by atomic mass is 16.4. The molecule has 0 saturated carbocycles. The first kappa shape index (κ1) is 12.8. The molecule has 0 atom stereocenters. The summed E-state index contributed by atoms with van der Waals surface area (Å²) in [5, 5.41) is 11.5. The van der Waals surface area contributed by atoms with E-state index in [1.54, 1.807) is 6.07 Å². The van der Waals surface area contributed by atoms with Crippen molar-refractivity contribution in [3.05, 3.63) is 59.4 Å². The van der Waals surface area contributed by atoms with Crippen LogP contribution in [0.4, 0.5) is 5.69 Å². The Morgan fingerprint density at radius 3 is 2.42 bits per heavy atom. The van der Waals surface area contributed by atoms with Gasteiger partial charge >= 0.3 is 5.97 Å². The van der Waals surface area contributed by atoms with Crippen molar-refractivity contribution in [2.75, 3.05) is 5.32 Å². The minimum atomic E-state index is -1.16. The quantitative estimate of drug-likeness (QED) is 0.883. The maximum absolute atomic E-state index is 12.0. The number of para-hydroxylation sites is 1. The Hall–Kier alpha value is -2.69. The van der Waals surface area contributed by atoms with E-state index in [0.29, 0.717) is 5.69 Å². The van der Waals surface area contributed by atoms with Gasteiger partial charge in [-0.1, -0.05) is 24.3 Å². The molecule has 0 radical (unpaired) electrons. The predicted octanol–water partition coefficient (Wildman–Crippen LogP) is 2.34. The fourth-order valence-corrected chi connectivity index (χ4v) is 1.58. The fourth-order valence-electron chi connectivity index (χ4n) is 1.58. The number of carboxylic acid groups (broad SMARTS) is 1. The summed E-state index contributed by atoms with van der Waals surface area (Å²) < 4.78 is 0. The summed E-state index contributed by atoms with van der Waals surface area (Å²) in [5.74, 6) is -1.59. The first-order valence-electron chi connectivity index (χ1n) is 5.65. The molecule has 0 unspecified atom stereocenters. The number of aryl methyl sites for hydroxylation is 1. The number of aromatic nitrogens is 1. The van der Waals surface area contributed by atoms with Gasteiger partial charge in [-0.3, -0.25) is 4.79 Å². The number of anilines is 1. The number of amides is 1. The standard InChI is InChI=1S/C14H12N2O3/c1-9-5-2-3-6-10(9)16-13(17)11-7-4-8-12(15-11)14(18)19/h2-8H,1H3,(H,16,17)(H,18,19). The zero-order chi connectivity index (χ0) is 13.8. The van der Waals surface area contributed by atoms with Gasteiger partial charge in [-0.05, 0) is 30.7 Å². The van der Waals surface area contributed by atoms with E-state index < -0.39 is 11.9 Å². The van der Waals surface area contributed by atoms with Crippen molar-refractivity contribution in [1.29, 1.82) is 0 Å². The summed E-state index contributed by atoms with van der Waals surface area (Å²) in [5.41, 5.74) is 1.51. The van der Waals surface area contributed by atoms with Crippen molar-refractivity contribution in [2.45, 2.75) is 6.92 Å². The Morgan fingerprint density at radius 2 is 1.74 bits per heavy atom. The number of carbonyl (C=O) groups excluding carboxylic acids is 1. The zero-order valence-corrected chi connectivity index (χ0v) is 10.3. The first-order valence-corrected chi connectivity index (χ1v) is 5.65. The van der Waals surface area contributed by atoms with Crippen molar-refractivity contribution in [3.8, 4) is 0 Å². The van der Waals surface area contributed by atoms with Crippen LogP contribution in [-0.2, 0) is 0 Å². The smallest absolute Gasteiger partial charge is 0.354 e. The monoisotopic (exact) mass is 256 g/mol. The molecule has 19 heavy (non-hydrogen) atoms. The van der Waals surface area contributed by atoms with Gasteiger partial charge in [-0.15, -0.1) is 0 Å². The van der Waals surface area contributed by atoms with E-state index in [2.05, 4.69) is 10.3 Å². The van der Waals surface area contributed by atoms with Crippen molar-refractivity contribution in [1.82, 2.24) is 4.98 Å². The first-order chi connectivity index (χ1) is 9.08. The second-order valence-corrected chi connectivity index (χ2v) is 3.98. The number of pyridine rings is 1. The van der Waals surface area contributed by atoms with Gasteiger partial charge < -0.3 is 10.4 Å². The number of benzene rings is 1. The summed E-state index contributed by atoms with van der Waals surface area (Å²) >= 11 is 0. The van der Waals surface area contributed by atoms with E-state index in [1.165, 1.54) is 18.2 Å². The highest BCUT2D eigenvalue weighted by Gasteiger charge is 2.12. The summed E-state index contributed by atoms with van der Waals surface area (Å²) in [6.45, 7) is 1.87. The lowest BCUT2D eigenvalue weighted by Gasteiger charge is -2.07. The normalized spacial score (nSPS) is 9.95. The molecule has 0 spiro atoms. The summed E-state index contributed by atoms with van der Waals surface area (Å²) in [7, 11) is 0. The van der Waals surface area contributed by atoms with Crippen LogP contribution in [0, 0.1) is 6.92 Å². The lowest BCUT2D eigenvalue weighted by Crippen LogP contribution is -2.16. The van der Waals surface area contributed by atoms with Crippen molar-refractivity contribution >= 4 is 17.6 Å². The second kappa shape index (κ2) is 5.30. The largest absolute Gasteiger partial charge is 0.477 e. The van der Waals surface area contributed by atoms with Crippen molar-refractivity contribution in [2.24, 2.45) is 0 Å². The maximum Gasteiger partial charge on any atom is 0.354 e.